The van der Waals surface area contributed by atoms with Crippen LogP contribution in [0.4, 0.5) is 0 Å². The summed E-state index contributed by atoms with van der Waals surface area (Å²) in [5.41, 5.74) is 2.44. The number of aromatic amines is 1. The van der Waals surface area contributed by atoms with E-state index in [1.807, 2.05) is 12.1 Å². The molecule has 5 heteroatoms. The van der Waals surface area contributed by atoms with Crippen molar-refractivity contribution in [2.24, 2.45) is 4.99 Å². The molecular formula is C20H21N3O2. The number of imidazole rings is 1. The van der Waals surface area contributed by atoms with Gasteiger partial charge in [0.25, 0.3) is 0 Å². The summed E-state index contributed by atoms with van der Waals surface area (Å²) in [7, 11) is 0. The molecule has 25 heavy (non-hydrogen) atoms. The summed E-state index contributed by atoms with van der Waals surface area (Å²) < 4.78 is 0. The van der Waals surface area contributed by atoms with Crippen molar-refractivity contribution in [2.45, 2.75) is 19.3 Å². The summed E-state index contributed by atoms with van der Waals surface area (Å²) >= 11 is 0. The summed E-state index contributed by atoms with van der Waals surface area (Å²) in [6.07, 6.45) is 3.43. The quantitative estimate of drug-likeness (QED) is 0.623. The van der Waals surface area contributed by atoms with Crippen molar-refractivity contribution < 1.29 is 10.2 Å². The molecule has 0 aliphatic carbocycles. The first kappa shape index (κ1) is 16.8. The van der Waals surface area contributed by atoms with Gasteiger partial charge in [-0.3, -0.25) is 4.99 Å². The molecular weight excluding hydrogens is 314 g/mol. The molecule has 0 unspecified atom stereocenters. The largest absolute Gasteiger partial charge is 0.507 e. The molecule has 0 amide bonds. The molecule has 3 rings (SSSR count). The van der Waals surface area contributed by atoms with E-state index in [9.17, 15) is 10.2 Å². The van der Waals surface area contributed by atoms with E-state index in [0.717, 1.165) is 5.69 Å². The second-order valence-corrected chi connectivity index (χ2v) is 6.55. The Hall–Kier alpha value is -3.08. The first-order valence-corrected chi connectivity index (χ1v) is 8.09. The standard InChI is InChI=1S/C20H21N3O2/c1-20(2,18-11-21-13-23-18)12-22-19(14-7-3-5-9-16(14)24)15-8-4-6-10-17(15)25/h3-11,13,24-25H,12H2,1-2H3,(H,21,23). The minimum Gasteiger partial charge on any atom is -0.507 e. The lowest BCUT2D eigenvalue weighted by molar-refractivity contribution is 0.471. The second kappa shape index (κ2) is 6.81. The lowest BCUT2D eigenvalue weighted by Crippen LogP contribution is -2.23. The molecule has 0 saturated carbocycles. The van der Waals surface area contributed by atoms with E-state index in [2.05, 4.69) is 23.8 Å². The van der Waals surface area contributed by atoms with Crippen molar-refractivity contribution in [3.63, 3.8) is 0 Å². The third kappa shape index (κ3) is 3.55. The summed E-state index contributed by atoms with van der Waals surface area (Å²) in [6, 6.07) is 14.0. The normalized spacial score (nSPS) is 11.3. The molecule has 0 spiro atoms. The van der Waals surface area contributed by atoms with Crippen LogP contribution in [0.25, 0.3) is 0 Å². The summed E-state index contributed by atoms with van der Waals surface area (Å²) in [6.45, 7) is 4.60. The number of aromatic hydroxyl groups is 2. The maximum atomic E-state index is 10.3. The van der Waals surface area contributed by atoms with Crippen LogP contribution >= 0.6 is 0 Å². The average Bonchev–Trinajstić information content (AvgIpc) is 3.13. The number of phenols is 2. The Morgan fingerprint density at radius 1 is 1.00 bits per heavy atom. The molecule has 3 aromatic rings. The first-order chi connectivity index (χ1) is 12.0. The Kier molecular flexibility index (Phi) is 4.57. The van der Waals surface area contributed by atoms with Crippen LogP contribution in [0.5, 0.6) is 11.5 Å². The number of rotatable bonds is 5. The molecule has 0 saturated heterocycles. The van der Waals surface area contributed by atoms with Crippen LogP contribution in [-0.2, 0) is 5.41 Å². The third-order valence-electron chi connectivity index (χ3n) is 4.18. The zero-order valence-corrected chi connectivity index (χ0v) is 14.3. The zero-order valence-electron chi connectivity index (χ0n) is 14.3. The number of hydrogen-bond acceptors (Lipinski definition) is 4. The molecule has 3 N–H and O–H groups in total. The zero-order chi connectivity index (χ0) is 17.9. The number of H-pyrrole nitrogens is 1. The molecule has 0 radical (unpaired) electrons. The molecule has 1 aromatic heterocycles. The topological polar surface area (TPSA) is 81.5 Å². The Morgan fingerprint density at radius 3 is 2.04 bits per heavy atom. The molecule has 1 heterocycles. The van der Waals surface area contributed by atoms with Crippen LogP contribution in [0.2, 0.25) is 0 Å². The van der Waals surface area contributed by atoms with Gasteiger partial charge >= 0.3 is 0 Å². The molecule has 2 aromatic carbocycles. The highest BCUT2D eigenvalue weighted by atomic mass is 16.3. The van der Waals surface area contributed by atoms with Gasteiger partial charge in [-0.25, -0.2) is 4.98 Å². The Balaban J connectivity index is 2.06. The highest BCUT2D eigenvalue weighted by molar-refractivity contribution is 6.15. The number of nitrogens with one attached hydrogen (secondary N) is 1. The SMILES string of the molecule is CC(C)(CN=C(c1ccccc1O)c1ccccc1O)c1cnc[nH]1. The molecule has 0 aliphatic rings. The number of benzene rings is 2. The van der Waals surface area contributed by atoms with E-state index in [1.54, 1.807) is 48.9 Å². The highest BCUT2D eigenvalue weighted by Crippen LogP contribution is 2.27. The van der Waals surface area contributed by atoms with Crippen LogP contribution in [0.15, 0.2) is 66.0 Å². The second-order valence-electron chi connectivity index (χ2n) is 6.55. The number of hydrogen-bond donors (Lipinski definition) is 3. The van der Waals surface area contributed by atoms with E-state index < -0.39 is 0 Å². The first-order valence-electron chi connectivity index (χ1n) is 8.09. The van der Waals surface area contributed by atoms with Gasteiger partial charge in [0.2, 0.25) is 0 Å². The molecule has 0 atom stereocenters. The smallest absolute Gasteiger partial charge is 0.124 e. The number of para-hydroxylation sites is 2. The highest BCUT2D eigenvalue weighted by Gasteiger charge is 2.23. The van der Waals surface area contributed by atoms with Gasteiger partial charge in [0, 0.05) is 28.4 Å². The van der Waals surface area contributed by atoms with Crippen molar-refractivity contribution in [2.75, 3.05) is 6.54 Å². The number of aromatic nitrogens is 2. The third-order valence-corrected chi connectivity index (χ3v) is 4.18. The molecule has 5 nitrogen and oxygen atoms in total. The van der Waals surface area contributed by atoms with E-state index in [1.165, 1.54) is 0 Å². The van der Waals surface area contributed by atoms with Crippen LogP contribution in [0.1, 0.15) is 30.7 Å². The van der Waals surface area contributed by atoms with Gasteiger partial charge in [-0.05, 0) is 24.3 Å². The minimum atomic E-state index is -0.267. The molecule has 0 aliphatic heterocycles. The minimum absolute atomic E-state index is 0.129. The Labute approximate surface area is 146 Å². The lowest BCUT2D eigenvalue weighted by Gasteiger charge is -2.21. The van der Waals surface area contributed by atoms with Gasteiger partial charge < -0.3 is 15.2 Å². The van der Waals surface area contributed by atoms with E-state index >= 15 is 0 Å². The fourth-order valence-electron chi connectivity index (χ4n) is 2.65. The van der Waals surface area contributed by atoms with E-state index in [-0.39, 0.29) is 16.9 Å². The van der Waals surface area contributed by atoms with Gasteiger partial charge in [0.05, 0.1) is 18.6 Å². The molecule has 0 fully saturated rings. The lowest BCUT2D eigenvalue weighted by atomic mass is 9.89. The van der Waals surface area contributed by atoms with E-state index in [0.29, 0.717) is 23.4 Å². The fraction of sp³-hybridized carbons (Fsp3) is 0.200. The van der Waals surface area contributed by atoms with Crippen molar-refractivity contribution >= 4 is 5.71 Å². The Morgan fingerprint density at radius 2 is 1.56 bits per heavy atom. The van der Waals surface area contributed by atoms with Crippen molar-refractivity contribution in [1.29, 1.82) is 0 Å². The van der Waals surface area contributed by atoms with Gasteiger partial charge in [-0.1, -0.05) is 38.1 Å². The predicted octanol–water partition coefficient (Wildman–Crippen LogP) is 3.64. The van der Waals surface area contributed by atoms with E-state index in [4.69, 9.17) is 4.99 Å². The van der Waals surface area contributed by atoms with Crippen LogP contribution in [0, 0.1) is 0 Å². The monoisotopic (exact) mass is 335 g/mol. The summed E-state index contributed by atoms with van der Waals surface area (Å²) in [4.78, 5) is 12.0. The van der Waals surface area contributed by atoms with Crippen molar-refractivity contribution in [3.8, 4) is 11.5 Å². The predicted molar refractivity (Wildman–Crippen MR) is 98.3 cm³/mol. The fourth-order valence-corrected chi connectivity index (χ4v) is 2.65. The van der Waals surface area contributed by atoms with Gasteiger partial charge in [-0.15, -0.1) is 0 Å². The average molecular weight is 335 g/mol. The van der Waals surface area contributed by atoms with Gasteiger partial charge in [-0.2, -0.15) is 0 Å². The van der Waals surface area contributed by atoms with Gasteiger partial charge in [0.15, 0.2) is 0 Å². The molecule has 128 valence electrons. The summed E-state index contributed by atoms with van der Waals surface area (Å²) in [5.74, 6) is 0.257. The maximum Gasteiger partial charge on any atom is 0.124 e. The number of phenolic OH excluding ortho intramolecular Hbond substituents is 2. The molecule has 0 bridgehead atoms. The van der Waals surface area contributed by atoms with Crippen LogP contribution in [0.3, 0.4) is 0 Å². The number of nitrogens with zero attached hydrogens (tertiary/aromatic N) is 2. The van der Waals surface area contributed by atoms with Crippen molar-refractivity contribution in [3.05, 3.63) is 77.9 Å². The summed E-state index contributed by atoms with van der Waals surface area (Å²) in [5, 5.41) is 20.5. The maximum absolute atomic E-state index is 10.3. The van der Waals surface area contributed by atoms with Crippen molar-refractivity contribution in [1.82, 2.24) is 9.97 Å². The number of aliphatic imine (C=N–C) groups is 1. The van der Waals surface area contributed by atoms with Crippen LogP contribution < -0.4 is 0 Å². The van der Waals surface area contributed by atoms with Crippen LogP contribution in [-0.4, -0.2) is 32.4 Å². The van der Waals surface area contributed by atoms with Gasteiger partial charge in [0.1, 0.15) is 11.5 Å². The Bertz CT molecular complexity index is 836.